The fourth-order valence-corrected chi connectivity index (χ4v) is 3.73. The average molecular weight is 320 g/mol. The van der Waals surface area contributed by atoms with Gasteiger partial charge in [-0.05, 0) is 36.5 Å². The lowest BCUT2D eigenvalue weighted by atomic mass is 9.92. The molecule has 1 aliphatic carbocycles. The average Bonchev–Trinajstić information content (AvgIpc) is 3.49. The topological polar surface area (TPSA) is 23.6 Å². The highest BCUT2D eigenvalue weighted by molar-refractivity contribution is 5.84. The number of amides is 1. The molecular formula is C21H24N2O. The van der Waals surface area contributed by atoms with E-state index in [0.29, 0.717) is 11.8 Å². The molecule has 4 rings (SSSR count). The summed E-state index contributed by atoms with van der Waals surface area (Å²) in [5.41, 5.74) is 2.45. The van der Waals surface area contributed by atoms with Gasteiger partial charge in [0.1, 0.15) is 0 Å². The second-order valence-corrected chi connectivity index (χ2v) is 6.87. The van der Waals surface area contributed by atoms with Crippen molar-refractivity contribution in [3.8, 4) is 0 Å². The first-order valence-corrected chi connectivity index (χ1v) is 8.96. The van der Waals surface area contributed by atoms with Gasteiger partial charge in [0.15, 0.2) is 0 Å². The molecule has 1 heterocycles. The number of rotatable bonds is 4. The van der Waals surface area contributed by atoms with Crippen LogP contribution in [0.3, 0.4) is 0 Å². The van der Waals surface area contributed by atoms with Gasteiger partial charge in [0, 0.05) is 31.9 Å². The highest BCUT2D eigenvalue weighted by Gasteiger charge is 2.39. The molecule has 2 aromatic carbocycles. The molecule has 1 aliphatic heterocycles. The lowest BCUT2D eigenvalue weighted by Crippen LogP contribution is -2.50. The Morgan fingerprint density at radius 1 is 0.833 bits per heavy atom. The maximum atomic E-state index is 13.1. The molecule has 0 spiro atoms. The van der Waals surface area contributed by atoms with Crippen LogP contribution in [-0.2, 0) is 4.79 Å². The van der Waals surface area contributed by atoms with Crippen LogP contribution in [0.4, 0.5) is 5.69 Å². The first-order chi connectivity index (χ1) is 11.8. The Kier molecular flexibility index (Phi) is 4.24. The monoisotopic (exact) mass is 320 g/mol. The zero-order valence-electron chi connectivity index (χ0n) is 14.0. The van der Waals surface area contributed by atoms with Gasteiger partial charge >= 0.3 is 0 Å². The molecule has 1 saturated heterocycles. The van der Waals surface area contributed by atoms with Crippen LogP contribution in [0.2, 0.25) is 0 Å². The van der Waals surface area contributed by atoms with Crippen LogP contribution >= 0.6 is 0 Å². The van der Waals surface area contributed by atoms with Crippen LogP contribution in [0.25, 0.3) is 0 Å². The van der Waals surface area contributed by atoms with E-state index < -0.39 is 0 Å². The van der Waals surface area contributed by atoms with Gasteiger partial charge in [0.05, 0.1) is 5.92 Å². The Balaban J connectivity index is 1.44. The molecule has 1 saturated carbocycles. The molecule has 0 aromatic heterocycles. The van der Waals surface area contributed by atoms with Crippen molar-refractivity contribution in [1.29, 1.82) is 0 Å². The third-order valence-electron chi connectivity index (χ3n) is 5.23. The van der Waals surface area contributed by atoms with Crippen LogP contribution < -0.4 is 4.90 Å². The number of benzene rings is 2. The minimum absolute atomic E-state index is 0.0643. The molecule has 24 heavy (non-hydrogen) atoms. The largest absolute Gasteiger partial charge is 0.368 e. The fourth-order valence-electron chi connectivity index (χ4n) is 3.73. The van der Waals surface area contributed by atoms with Crippen molar-refractivity contribution in [1.82, 2.24) is 4.90 Å². The van der Waals surface area contributed by atoms with Crippen molar-refractivity contribution < 1.29 is 4.79 Å². The summed E-state index contributed by atoms with van der Waals surface area (Å²) in [6.45, 7) is 3.48. The number of hydrogen-bond acceptors (Lipinski definition) is 2. The fraction of sp³-hybridized carbons (Fsp3) is 0.381. The summed E-state index contributed by atoms with van der Waals surface area (Å²) >= 11 is 0. The Bertz CT molecular complexity index is 673. The second kappa shape index (κ2) is 6.68. The number of anilines is 1. The third-order valence-corrected chi connectivity index (χ3v) is 5.23. The number of carbonyl (C=O) groups excluding carboxylic acids is 1. The van der Waals surface area contributed by atoms with Gasteiger partial charge in [-0.15, -0.1) is 0 Å². The standard InChI is InChI=1S/C21H24N2O/c24-21(20(18-11-12-18)17-7-3-1-4-8-17)23-15-13-22(14-16-23)19-9-5-2-6-10-19/h1-10,18,20H,11-16H2. The zero-order chi connectivity index (χ0) is 16.4. The summed E-state index contributed by atoms with van der Waals surface area (Å²) in [6, 6.07) is 20.8. The van der Waals surface area contributed by atoms with Crippen molar-refractivity contribution in [3.63, 3.8) is 0 Å². The van der Waals surface area contributed by atoms with Crippen LogP contribution in [-0.4, -0.2) is 37.0 Å². The molecule has 1 amide bonds. The molecule has 0 N–H and O–H groups in total. The van der Waals surface area contributed by atoms with Crippen LogP contribution in [0.15, 0.2) is 60.7 Å². The van der Waals surface area contributed by atoms with E-state index in [1.165, 1.54) is 24.1 Å². The summed E-state index contributed by atoms with van der Waals surface area (Å²) in [7, 11) is 0. The normalized spacial score (nSPS) is 19.2. The van der Waals surface area contributed by atoms with Crippen LogP contribution in [0, 0.1) is 5.92 Å². The van der Waals surface area contributed by atoms with Gasteiger partial charge < -0.3 is 9.80 Å². The highest BCUT2D eigenvalue weighted by Crippen LogP contribution is 2.43. The molecule has 1 unspecified atom stereocenters. The quantitative estimate of drug-likeness (QED) is 0.860. The van der Waals surface area contributed by atoms with Crippen LogP contribution in [0.5, 0.6) is 0 Å². The van der Waals surface area contributed by atoms with Crippen molar-refractivity contribution in [3.05, 3.63) is 66.2 Å². The third kappa shape index (κ3) is 3.16. The molecule has 124 valence electrons. The molecule has 2 aliphatic rings. The van der Waals surface area contributed by atoms with E-state index in [-0.39, 0.29) is 5.92 Å². The van der Waals surface area contributed by atoms with Gasteiger partial charge in [-0.2, -0.15) is 0 Å². The van der Waals surface area contributed by atoms with E-state index >= 15 is 0 Å². The van der Waals surface area contributed by atoms with Crippen molar-refractivity contribution in [2.24, 2.45) is 5.92 Å². The molecule has 0 bridgehead atoms. The summed E-state index contributed by atoms with van der Waals surface area (Å²) in [4.78, 5) is 17.6. The predicted molar refractivity (Wildman–Crippen MR) is 97.1 cm³/mol. The van der Waals surface area contributed by atoms with E-state index in [2.05, 4.69) is 46.2 Å². The van der Waals surface area contributed by atoms with E-state index in [4.69, 9.17) is 0 Å². The maximum Gasteiger partial charge on any atom is 0.230 e. The minimum atomic E-state index is 0.0643. The Hall–Kier alpha value is -2.29. The second-order valence-electron chi connectivity index (χ2n) is 6.87. The van der Waals surface area contributed by atoms with Gasteiger partial charge in [0.25, 0.3) is 0 Å². The van der Waals surface area contributed by atoms with Gasteiger partial charge in [-0.3, -0.25) is 4.79 Å². The van der Waals surface area contributed by atoms with Crippen molar-refractivity contribution >= 4 is 11.6 Å². The number of hydrogen-bond donors (Lipinski definition) is 0. The number of nitrogens with zero attached hydrogens (tertiary/aromatic N) is 2. The molecule has 2 aromatic rings. The molecule has 0 radical (unpaired) electrons. The van der Waals surface area contributed by atoms with E-state index in [1.807, 2.05) is 24.3 Å². The number of para-hydroxylation sites is 1. The first kappa shape index (κ1) is 15.3. The minimum Gasteiger partial charge on any atom is -0.368 e. The van der Waals surface area contributed by atoms with E-state index in [1.54, 1.807) is 0 Å². The molecule has 3 heteroatoms. The zero-order valence-corrected chi connectivity index (χ0v) is 14.0. The summed E-state index contributed by atoms with van der Waals surface area (Å²) in [5, 5.41) is 0. The smallest absolute Gasteiger partial charge is 0.230 e. The first-order valence-electron chi connectivity index (χ1n) is 8.96. The Labute approximate surface area is 143 Å². The summed E-state index contributed by atoms with van der Waals surface area (Å²) in [5.74, 6) is 0.943. The number of piperazine rings is 1. The Morgan fingerprint density at radius 3 is 2.00 bits per heavy atom. The van der Waals surface area contributed by atoms with Crippen molar-refractivity contribution in [2.45, 2.75) is 18.8 Å². The summed E-state index contributed by atoms with van der Waals surface area (Å²) < 4.78 is 0. The summed E-state index contributed by atoms with van der Waals surface area (Å²) in [6.07, 6.45) is 2.38. The van der Waals surface area contributed by atoms with Gasteiger partial charge in [-0.25, -0.2) is 0 Å². The lowest BCUT2D eigenvalue weighted by Gasteiger charge is -2.37. The van der Waals surface area contributed by atoms with Crippen molar-refractivity contribution in [2.75, 3.05) is 31.1 Å². The van der Waals surface area contributed by atoms with Gasteiger partial charge in [-0.1, -0.05) is 48.5 Å². The maximum absolute atomic E-state index is 13.1. The predicted octanol–water partition coefficient (Wildman–Crippen LogP) is 3.53. The van der Waals surface area contributed by atoms with Crippen LogP contribution in [0.1, 0.15) is 24.3 Å². The van der Waals surface area contributed by atoms with E-state index in [9.17, 15) is 4.79 Å². The molecule has 2 fully saturated rings. The highest BCUT2D eigenvalue weighted by atomic mass is 16.2. The Morgan fingerprint density at radius 2 is 1.42 bits per heavy atom. The SMILES string of the molecule is O=C(C(c1ccccc1)C1CC1)N1CCN(c2ccccc2)CC1. The van der Waals surface area contributed by atoms with Gasteiger partial charge in [0.2, 0.25) is 5.91 Å². The molecular weight excluding hydrogens is 296 g/mol. The molecule has 1 atom stereocenters. The lowest BCUT2D eigenvalue weighted by molar-refractivity contribution is -0.133. The molecule has 3 nitrogen and oxygen atoms in total. The van der Waals surface area contributed by atoms with E-state index in [0.717, 1.165) is 26.2 Å². The number of carbonyl (C=O) groups is 1.